The smallest absolute Gasteiger partial charge is 0.254 e. The normalized spacial score (nSPS) is 14.5. The zero-order chi connectivity index (χ0) is 22.1. The first-order valence-electron chi connectivity index (χ1n) is 10.3. The third kappa shape index (κ3) is 7.52. The summed E-state index contributed by atoms with van der Waals surface area (Å²) in [6.45, 7) is 0.649. The van der Waals surface area contributed by atoms with E-state index in [1.54, 1.807) is 19.4 Å². The fourth-order valence-electron chi connectivity index (χ4n) is 3.45. The molecule has 166 valence electrons. The zero-order valence-electron chi connectivity index (χ0n) is 17.5. The van der Waals surface area contributed by atoms with Gasteiger partial charge in [0.1, 0.15) is 6.61 Å². The van der Waals surface area contributed by atoms with Crippen molar-refractivity contribution in [2.45, 2.75) is 44.8 Å². The van der Waals surface area contributed by atoms with Crippen molar-refractivity contribution in [1.29, 1.82) is 0 Å². The number of rotatable bonds is 9. The molecular weight excluding hydrogens is 482 g/mol. The van der Waals surface area contributed by atoms with Gasteiger partial charge in [-0.1, -0.05) is 43.0 Å². The van der Waals surface area contributed by atoms with Crippen LogP contribution in [-0.4, -0.2) is 31.8 Å². The summed E-state index contributed by atoms with van der Waals surface area (Å²) in [6, 6.07) is 11.6. The fraction of sp³-hybridized carbons (Fsp3) is 0.391. The van der Waals surface area contributed by atoms with E-state index in [4.69, 9.17) is 21.1 Å². The minimum Gasteiger partial charge on any atom is -0.493 e. The average Bonchev–Trinajstić information content (AvgIpc) is 2.78. The topological polar surface area (TPSA) is 72.0 Å². The first-order chi connectivity index (χ1) is 15.0. The molecule has 2 N–H and O–H groups in total. The van der Waals surface area contributed by atoms with Crippen LogP contribution in [0.2, 0.25) is 5.02 Å². The lowest BCUT2D eigenvalue weighted by Gasteiger charge is -2.22. The number of nitrogens with zero attached hydrogens (tertiary/aromatic N) is 1. The number of hydrogen-bond donors (Lipinski definition) is 2. The molecule has 8 heteroatoms. The highest BCUT2D eigenvalue weighted by Gasteiger charge is 2.14. The monoisotopic (exact) mass is 507 g/mol. The molecule has 1 aliphatic rings. The van der Waals surface area contributed by atoms with Gasteiger partial charge in [-0.25, -0.2) is 5.43 Å². The highest BCUT2D eigenvalue weighted by atomic mass is 79.9. The van der Waals surface area contributed by atoms with Gasteiger partial charge in [0, 0.05) is 11.1 Å². The van der Waals surface area contributed by atoms with E-state index in [0.717, 1.165) is 28.4 Å². The van der Waals surface area contributed by atoms with Crippen LogP contribution in [0.15, 0.2) is 46.0 Å². The molecule has 0 radical (unpaired) electrons. The van der Waals surface area contributed by atoms with Crippen LogP contribution in [0.3, 0.4) is 0 Å². The van der Waals surface area contributed by atoms with Gasteiger partial charge in [0.05, 0.1) is 24.3 Å². The van der Waals surface area contributed by atoms with E-state index in [0.29, 0.717) is 29.2 Å². The van der Waals surface area contributed by atoms with Crippen molar-refractivity contribution in [3.05, 3.63) is 57.0 Å². The van der Waals surface area contributed by atoms with Gasteiger partial charge in [-0.15, -0.1) is 0 Å². The number of amides is 1. The van der Waals surface area contributed by atoms with E-state index in [1.807, 2.05) is 30.3 Å². The quantitative estimate of drug-likeness (QED) is 0.367. The summed E-state index contributed by atoms with van der Waals surface area (Å²) in [5.41, 5.74) is 4.32. The second-order valence-corrected chi connectivity index (χ2v) is 8.75. The number of halogens is 2. The molecule has 3 rings (SSSR count). The summed E-state index contributed by atoms with van der Waals surface area (Å²) in [5, 5.41) is 8.04. The molecule has 1 saturated carbocycles. The summed E-state index contributed by atoms with van der Waals surface area (Å²) >= 11 is 9.45. The molecule has 0 heterocycles. The van der Waals surface area contributed by atoms with E-state index in [1.165, 1.54) is 19.3 Å². The lowest BCUT2D eigenvalue weighted by Crippen LogP contribution is -2.38. The van der Waals surface area contributed by atoms with E-state index in [-0.39, 0.29) is 12.5 Å². The van der Waals surface area contributed by atoms with Crippen molar-refractivity contribution in [2.75, 3.05) is 13.7 Å². The number of methoxy groups -OCH3 is 1. The molecule has 0 saturated heterocycles. The Bertz CT molecular complexity index is 900. The van der Waals surface area contributed by atoms with Crippen molar-refractivity contribution < 1.29 is 14.3 Å². The number of hydrogen-bond acceptors (Lipinski definition) is 5. The Kier molecular flexibility index (Phi) is 9.18. The highest BCUT2D eigenvalue weighted by molar-refractivity contribution is 9.10. The predicted molar refractivity (Wildman–Crippen MR) is 127 cm³/mol. The molecule has 0 aromatic heterocycles. The molecule has 6 nitrogen and oxygen atoms in total. The summed E-state index contributed by atoms with van der Waals surface area (Å²) in [4.78, 5) is 12.0. The standard InChI is InChI=1S/C23H27BrClN3O3/c1-30-21-12-17(13-27-28-22(29)14-26-19-5-3-2-4-6-19)11-20(24)23(21)31-15-16-7-9-18(25)10-8-16/h7-13,19,26H,2-6,14-15H2,1H3,(H,28,29)/b27-13-. The van der Waals surface area contributed by atoms with Crippen molar-refractivity contribution in [3.63, 3.8) is 0 Å². The molecule has 2 aromatic carbocycles. The van der Waals surface area contributed by atoms with E-state index in [2.05, 4.69) is 31.8 Å². The maximum absolute atomic E-state index is 12.0. The second kappa shape index (κ2) is 12.1. The van der Waals surface area contributed by atoms with E-state index in [9.17, 15) is 4.79 Å². The Morgan fingerprint density at radius 1 is 1.23 bits per heavy atom. The third-order valence-electron chi connectivity index (χ3n) is 5.11. The van der Waals surface area contributed by atoms with Gasteiger partial charge < -0.3 is 14.8 Å². The first-order valence-corrected chi connectivity index (χ1v) is 11.5. The van der Waals surface area contributed by atoms with Crippen molar-refractivity contribution in [1.82, 2.24) is 10.7 Å². The van der Waals surface area contributed by atoms with Crippen LogP contribution in [-0.2, 0) is 11.4 Å². The van der Waals surface area contributed by atoms with Gasteiger partial charge in [0.15, 0.2) is 11.5 Å². The number of nitrogens with one attached hydrogen (secondary N) is 2. The van der Waals surface area contributed by atoms with Crippen LogP contribution in [0, 0.1) is 0 Å². The molecule has 2 aromatic rings. The molecule has 31 heavy (non-hydrogen) atoms. The molecule has 0 spiro atoms. The molecule has 1 aliphatic carbocycles. The van der Waals surface area contributed by atoms with Crippen LogP contribution >= 0.6 is 27.5 Å². The maximum atomic E-state index is 12.0. The minimum atomic E-state index is -0.157. The van der Waals surface area contributed by atoms with Gasteiger partial charge in [-0.3, -0.25) is 4.79 Å². The summed E-state index contributed by atoms with van der Waals surface area (Å²) in [6.07, 6.45) is 7.60. The summed E-state index contributed by atoms with van der Waals surface area (Å²) < 4.78 is 12.1. The van der Waals surface area contributed by atoms with Crippen LogP contribution in [0.5, 0.6) is 11.5 Å². The highest BCUT2D eigenvalue weighted by Crippen LogP contribution is 2.36. The van der Waals surface area contributed by atoms with Crippen molar-refractivity contribution in [3.8, 4) is 11.5 Å². The van der Waals surface area contributed by atoms with E-state index >= 15 is 0 Å². The number of hydrazone groups is 1. The fourth-order valence-corrected chi connectivity index (χ4v) is 4.15. The first kappa shape index (κ1) is 23.6. The summed E-state index contributed by atoms with van der Waals surface area (Å²) in [7, 11) is 1.58. The lowest BCUT2D eigenvalue weighted by atomic mass is 9.95. The number of ether oxygens (including phenoxy) is 2. The van der Waals surface area contributed by atoms with Gasteiger partial charge in [-0.2, -0.15) is 5.10 Å². The molecule has 0 aliphatic heterocycles. The Morgan fingerprint density at radius 2 is 1.97 bits per heavy atom. The van der Waals surface area contributed by atoms with Crippen LogP contribution in [0.25, 0.3) is 0 Å². The van der Waals surface area contributed by atoms with Gasteiger partial charge >= 0.3 is 0 Å². The Labute approximate surface area is 196 Å². The second-order valence-electron chi connectivity index (χ2n) is 7.46. The summed E-state index contributed by atoms with van der Waals surface area (Å²) in [5.74, 6) is 1.00. The molecule has 0 bridgehead atoms. The molecule has 0 atom stereocenters. The van der Waals surface area contributed by atoms with Crippen LogP contribution in [0.4, 0.5) is 0 Å². The van der Waals surface area contributed by atoms with Crippen molar-refractivity contribution >= 4 is 39.7 Å². The van der Waals surface area contributed by atoms with Gasteiger partial charge in [0.25, 0.3) is 5.91 Å². The Balaban J connectivity index is 1.54. The van der Waals surface area contributed by atoms with Crippen molar-refractivity contribution in [2.24, 2.45) is 5.10 Å². The average molecular weight is 509 g/mol. The zero-order valence-corrected chi connectivity index (χ0v) is 19.8. The molecule has 1 amide bonds. The number of carbonyl (C=O) groups is 1. The number of carbonyl (C=O) groups excluding carboxylic acids is 1. The third-order valence-corrected chi connectivity index (χ3v) is 5.95. The van der Waals surface area contributed by atoms with E-state index < -0.39 is 0 Å². The maximum Gasteiger partial charge on any atom is 0.254 e. The van der Waals surface area contributed by atoms with Crippen LogP contribution < -0.4 is 20.2 Å². The molecule has 0 unspecified atom stereocenters. The molecular formula is C23H27BrClN3O3. The van der Waals surface area contributed by atoms with Crippen LogP contribution in [0.1, 0.15) is 43.2 Å². The van der Waals surface area contributed by atoms with Gasteiger partial charge in [0.2, 0.25) is 0 Å². The number of benzene rings is 2. The Hall–Kier alpha value is -2.09. The minimum absolute atomic E-state index is 0.157. The lowest BCUT2D eigenvalue weighted by molar-refractivity contribution is -0.120. The predicted octanol–water partition coefficient (Wildman–Crippen LogP) is 5.06. The largest absolute Gasteiger partial charge is 0.493 e. The molecule has 1 fully saturated rings. The van der Waals surface area contributed by atoms with Gasteiger partial charge in [-0.05, 0) is 64.2 Å². The Morgan fingerprint density at radius 3 is 2.68 bits per heavy atom. The SMILES string of the molecule is COc1cc(/C=N\NC(=O)CNC2CCCCC2)cc(Br)c1OCc1ccc(Cl)cc1.